The van der Waals surface area contributed by atoms with Crippen molar-refractivity contribution >= 4 is 11.6 Å². The summed E-state index contributed by atoms with van der Waals surface area (Å²) < 4.78 is 24.6. The van der Waals surface area contributed by atoms with Crippen molar-refractivity contribution in [1.82, 2.24) is 4.98 Å². The summed E-state index contributed by atoms with van der Waals surface area (Å²) in [6, 6.07) is 12.5. The van der Waals surface area contributed by atoms with Crippen molar-refractivity contribution in [1.29, 1.82) is 0 Å². The van der Waals surface area contributed by atoms with E-state index in [9.17, 15) is 14.3 Å². The van der Waals surface area contributed by atoms with Gasteiger partial charge < -0.3 is 25.0 Å². The Kier molecular flexibility index (Phi) is 7.17. The zero-order chi connectivity index (χ0) is 22.4. The van der Waals surface area contributed by atoms with Gasteiger partial charge in [0.1, 0.15) is 30.0 Å². The molecule has 0 saturated heterocycles. The molecular formula is C23H23FN2O5. The molecule has 1 amide bonds. The molecule has 3 aromatic rings. The van der Waals surface area contributed by atoms with Crippen LogP contribution in [0.2, 0.25) is 0 Å². The van der Waals surface area contributed by atoms with E-state index in [1.54, 1.807) is 25.1 Å². The molecule has 7 nitrogen and oxygen atoms in total. The minimum Gasteiger partial charge on any atom is -0.475 e. The van der Waals surface area contributed by atoms with Crippen LogP contribution >= 0.6 is 0 Å². The summed E-state index contributed by atoms with van der Waals surface area (Å²) in [7, 11) is 0. The van der Waals surface area contributed by atoms with Crippen LogP contribution in [0, 0.1) is 19.7 Å². The van der Waals surface area contributed by atoms with Gasteiger partial charge in [0.15, 0.2) is 0 Å². The number of rotatable bonds is 8. The number of halogens is 1. The summed E-state index contributed by atoms with van der Waals surface area (Å²) in [5.74, 6) is 0.184. The number of benzene rings is 2. The van der Waals surface area contributed by atoms with Crippen molar-refractivity contribution in [3.8, 4) is 17.4 Å². The molecule has 0 bridgehead atoms. The highest BCUT2D eigenvalue weighted by molar-refractivity contribution is 6.06. The monoisotopic (exact) mass is 426 g/mol. The van der Waals surface area contributed by atoms with Gasteiger partial charge in [-0.25, -0.2) is 9.37 Å². The zero-order valence-electron chi connectivity index (χ0n) is 17.1. The number of hydrogen-bond acceptors (Lipinski definition) is 6. The number of nitrogens with zero attached hydrogens (tertiary/aromatic N) is 1. The number of carbonyl (C=O) groups is 1. The molecule has 3 N–H and O–H groups in total. The van der Waals surface area contributed by atoms with E-state index in [1.807, 2.05) is 13.0 Å². The van der Waals surface area contributed by atoms with Gasteiger partial charge in [0.05, 0.1) is 12.2 Å². The van der Waals surface area contributed by atoms with Gasteiger partial charge >= 0.3 is 0 Å². The van der Waals surface area contributed by atoms with Crippen molar-refractivity contribution in [2.75, 3.05) is 18.5 Å². The van der Waals surface area contributed by atoms with Crippen molar-refractivity contribution in [2.24, 2.45) is 0 Å². The minimum atomic E-state index is -1.03. The molecule has 3 rings (SSSR count). The Bertz CT molecular complexity index is 1070. The maximum absolute atomic E-state index is 13.4. The number of ether oxygens (including phenoxy) is 2. The van der Waals surface area contributed by atoms with Gasteiger partial charge in [0.2, 0.25) is 5.88 Å². The number of aliphatic hydroxyl groups excluding tert-OH is 2. The van der Waals surface area contributed by atoms with Crippen LogP contribution < -0.4 is 14.8 Å². The molecular weight excluding hydrogens is 403 g/mol. The van der Waals surface area contributed by atoms with E-state index in [0.717, 1.165) is 5.56 Å². The first-order chi connectivity index (χ1) is 14.9. The molecule has 2 aromatic carbocycles. The average molecular weight is 426 g/mol. The average Bonchev–Trinajstić information content (AvgIpc) is 2.75. The van der Waals surface area contributed by atoms with Crippen LogP contribution in [-0.4, -0.2) is 40.4 Å². The predicted molar refractivity (Wildman–Crippen MR) is 113 cm³/mol. The van der Waals surface area contributed by atoms with Crippen LogP contribution in [-0.2, 0) is 0 Å². The molecule has 0 radical (unpaired) electrons. The molecule has 162 valence electrons. The Morgan fingerprint density at radius 2 is 1.90 bits per heavy atom. The van der Waals surface area contributed by atoms with Crippen molar-refractivity contribution in [3.63, 3.8) is 0 Å². The Morgan fingerprint density at radius 1 is 1.13 bits per heavy atom. The Balaban J connectivity index is 1.79. The fraction of sp³-hybridized carbons (Fsp3) is 0.217. The van der Waals surface area contributed by atoms with E-state index in [1.165, 1.54) is 30.5 Å². The van der Waals surface area contributed by atoms with Gasteiger partial charge in [-0.05, 0) is 55.8 Å². The van der Waals surface area contributed by atoms with E-state index in [-0.39, 0.29) is 18.3 Å². The molecule has 0 aliphatic rings. The third kappa shape index (κ3) is 6.00. The lowest BCUT2D eigenvalue weighted by atomic mass is 10.1. The number of anilines is 1. The van der Waals surface area contributed by atoms with Crippen LogP contribution in [0.15, 0.2) is 54.7 Å². The van der Waals surface area contributed by atoms with Gasteiger partial charge in [0.25, 0.3) is 5.91 Å². The molecule has 0 aliphatic carbocycles. The summed E-state index contributed by atoms with van der Waals surface area (Å²) >= 11 is 0. The summed E-state index contributed by atoms with van der Waals surface area (Å²) in [5.41, 5.74) is 2.20. The Labute approximate surface area is 179 Å². The molecule has 1 aromatic heterocycles. The molecule has 0 aliphatic heterocycles. The first kappa shape index (κ1) is 22.2. The molecule has 0 saturated carbocycles. The number of hydrogen-bond donors (Lipinski definition) is 3. The number of aliphatic hydroxyl groups is 2. The zero-order valence-corrected chi connectivity index (χ0v) is 17.1. The summed E-state index contributed by atoms with van der Waals surface area (Å²) in [4.78, 5) is 17.0. The highest BCUT2D eigenvalue weighted by Gasteiger charge is 2.16. The predicted octanol–water partition coefficient (Wildman–Crippen LogP) is 3.61. The quantitative estimate of drug-likeness (QED) is 0.509. The highest BCUT2D eigenvalue weighted by Crippen LogP contribution is 2.30. The molecule has 1 atom stereocenters. The van der Waals surface area contributed by atoms with Crippen molar-refractivity contribution < 1.29 is 28.9 Å². The SMILES string of the molecule is Cc1ccc(Oc2ccc(F)cc2C)c(C(=O)Nc2ccnc(OC[C@H](O)CO)c2)c1. The second-order valence-electron chi connectivity index (χ2n) is 7.00. The standard InChI is InChI=1S/C23H23FN2O5/c1-14-3-5-21(31-20-6-4-16(24)10-15(20)2)19(9-14)23(29)26-17-7-8-25-22(11-17)30-13-18(28)12-27/h3-11,18,27-28H,12-13H2,1-2H3,(H,25,26,29)/t18-/m1/s1. The van der Waals surface area contributed by atoms with E-state index in [0.29, 0.717) is 28.3 Å². The summed E-state index contributed by atoms with van der Waals surface area (Å²) in [6.45, 7) is 3.01. The summed E-state index contributed by atoms with van der Waals surface area (Å²) in [6.07, 6.45) is 0.424. The lowest BCUT2D eigenvalue weighted by molar-refractivity contribution is 0.0521. The third-order valence-corrected chi connectivity index (χ3v) is 4.36. The lowest BCUT2D eigenvalue weighted by Crippen LogP contribution is -2.21. The third-order valence-electron chi connectivity index (χ3n) is 4.36. The lowest BCUT2D eigenvalue weighted by Gasteiger charge is -2.14. The minimum absolute atomic E-state index is 0.131. The fourth-order valence-corrected chi connectivity index (χ4v) is 2.75. The van der Waals surface area contributed by atoms with E-state index in [2.05, 4.69) is 10.3 Å². The fourth-order valence-electron chi connectivity index (χ4n) is 2.75. The first-order valence-corrected chi connectivity index (χ1v) is 9.59. The van der Waals surface area contributed by atoms with Crippen LogP contribution in [0.4, 0.5) is 10.1 Å². The van der Waals surface area contributed by atoms with Crippen LogP contribution in [0.1, 0.15) is 21.5 Å². The number of nitrogens with one attached hydrogen (secondary N) is 1. The number of amides is 1. The van der Waals surface area contributed by atoms with Gasteiger partial charge in [-0.3, -0.25) is 4.79 Å². The first-order valence-electron chi connectivity index (χ1n) is 9.59. The van der Waals surface area contributed by atoms with Gasteiger partial charge in [-0.2, -0.15) is 0 Å². The maximum atomic E-state index is 13.4. The molecule has 31 heavy (non-hydrogen) atoms. The van der Waals surface area contributed by atoms with Crippen LogP contribution in [0.3, 0.4) is 0 Å². The topological polar surface area (TPSA) is 101 Å². The second kappa shape index (κ2) is 10.0. The van der Waals surface area contributed by atoms with Gasteiger partial charge in [-0.15, -0.1) is 0 Å². The molecule has 0 unspecified atom stereocenters. The smallest absolute Gasteiger partial charge is 0.259 e. The molecule has 0 spiro atoms. The molecule has 8 heteroatoms. The van der Waals surface area contributed by atoms with E-state index < -0.39 is 18.6 Å². The second-order valence-corrected chi connectivity index (χ2v) is 7.00. The van der Waals surface area contributed by atoms with Gasteiger partial charge in [0, 0.05) is 18.0 Å². The maximum Gasteiger partial charge on any atom is 0.259 e. The number of carbonyl (C=O) groups excluding carboxylic acids is 1. The Hall–Kier alpha value is -3.49. The van der Waals surface area contributed by atoms with E-state index >= 15 is 0 Å². The van der Waals surface area contributed by atoms with E-state index in [4.69, 9.17) is 14.6 Å². The summed E-state index contributed by atoms with van der Waals surface area (Å²) in [5, 5.41) is 21.0. The number of pyridine rings is 1. The number of aromatic nitrogens is 1. The largest absolute Gasteiger partial charge is 0.475 e. The highest BCUT2D eigenvalue weighted by atomic mass is 19.1. The van der Waals surface area contributed by atoms with Crippen LogP contribution in [0.25, 0.3) is 0 Å². The van der Waals surface area contributed by atoms with Crippen molar-refractivity contribution in [3.05, 3.63) is 77.2 Å². The molecule has 0 fully saturated rings. The normalized spacial score (nSPS) is 11.6. The van der Waals surface area contributed by atoms with Gasteiger partial charge in [-0.1, -0.05) is 11.6 Å². The Morgan fingerprint density at radius 3 is 2.65 bits per heavy atom. The number of aryl methyl sites for hydroxylation is 2. The molecule has 1 heterocycles. The van der Waals surface area contributed by atoms with Crippen LogP contribution in [0.5, 0.6) is 17.4 Å². The van der Waals surface area contributed by atoms with Crippen molar-refractivity contribution in [2.45, 2.75) is 20.0 Å².